The van der Waals surface area contributed by atoms with E-state index in [0.29, 0.717) is 12.5 Å². The Morgan fingerprint density at radius 1 is 1.00 bits per heavy atom. The Balaban J connectivity index is 1.72. The van der Waals surface area contributed by atoms with Crippen LogP contribution < -0.4 is 16.2 Å². The van der Waals surface area contributed by atoms with Crippen LogP contribution in [0.15, 0.2) is 81.4 Å². The highest BCUT2D eigenvalue weighted by Crippen LogP contribution is 2.31. The number of benzene rings is 3. The van der Waals surface area contributed by atoms with Gasteiger partial charge in [0, 0.05) is 24.2 Å². The van der Waals surface area contributed by atoms with Crippen LogP contribution in [0.25, 0.3) is 21.5 Å². The van der Waals surface area contributed by atoms with Gasteiger partial charge in [-0.25, -0.2) is 10.4 Å². The maximum atomic E-state index is 4.46. The van der Waals surface area contributed by atoms with Gasteiger partial charge in [-0.1, -0.05) is 54.6 Å². The molecule has 162 valence electrons. The molecule has 0 unspecified atom stereocenters. The normalized spacial score (nSPS) is 14.3. The van der Waals surface area contributed by atoms with Crippen molar-refractivity contribution in [3.05, 3.63) is 72.3 Å². The Morgan fingerprint density at radius 2 is 1.59 bits per heavy atom. The Labute approximate surface area is 187 Å². The zero-order valence-corrected chi connectivity index (χ0v) is 18.2. The third kappa shape index (κ3) is 4.83. The van der Waals surface area contributed by atoms with E-state index in [1.54, 1.807) is 0 Å². The number of fused-ring (bicyclic) bond motifs is 2. The summed E-state index contributed by atoms with van der Waals surface area (Å²) in [6.07, 6.45) is 6.44. The fraction of sp³-hybridized carbons (Fsp3) is 0.200. The summed E-state index contributed by atoms with van der Waals surface area (Å²) in [4.78, 5) is 8.75. The number of nitrogens with one attached hydrogen (secondary N) is 3. The number of amidine groups is 1. The first-order chi connectivity index (χ1) is 15.8. The van der Waals surface area contributed by atoms with Gasteiger partial charge in [0.05, 0.1) is 19.0 Å². The molecule has 0 aliphatic carbocycles. The summed E-state index contributed by atoms with van der Waals surface area (Å²) in [6.45, 7) is 7.94. The van der Waals surface area contributed by atoms with Crippen LogP contribution in [0.5, 0.6) is 0 Å². The Hall–Kier alpha value is -4.00. The molecule has 0 spiro atoms. The van der Waals surface area contributed by atoms with Crippen LogP contribution >= 0.6 is 0 Å². The van der Waals surface area contributed by atoms with Crippen LogP contribution in [-0.4, -0.2) is 43.9 Å². The molecule has 3 aromatic carbocycles. The third-order valence-electron chi connectivity index (χ3n) is 5.16. The molecular formula is C25H27N7. The quantitative estimate of drug-likeness (QED) is 0.134. The van der Waals surface area contributed by atoms with Gasteiger partial charge in [0.1, 0.15) is 5.84 Å². The lowest BCUT2D eigenvalue weighted by molar-refractivity contribution is 0.920. The molecule has 3 aromatic rings. The molecule has 32 heavy (non-hydrogen) atoms. The first kappa shape index (κ1) is 21.2. The van der Waals surface area contributed by atoms with E-state index in [2.05, 4.69) is 67.2 Å². The highest BCUT2D eigenvalue weighted by Gasteiger charge is 2.11. The van der Waals surface area contributed by atoms with Crippen LogP contribution in [0.4, 0.5) is 0 Å². The summed E-state index contributed by atoms with van der Waals surface area (Å²) in [5.41, 5.74) is 8.12. The molecule has 3 N–H and O–H groups in total. The summed E-state index contributed by atoms with van der Waals surface area (Å²) in [5.74, 6) is 1.48. The molecule has 0 bridgehead atoms. The van der Waals surface area contributed by atoms with Crippen LogP contribution in [0.1, 0.15) is 24.5 Å². The average molecular weight is 426 g/mol. The van der Waals surface area contributed by atoms with Gasteiger partial charge in [-0.2, -0.15) is 10.2 Å². The summed E-state index contributed by atoms with van der Waals surface area (Å²) >= 11 is 0. The predicted molar refractivity (Wildman–Crippen MR) is 136 cm³/mol. The van der Waals surface area contributed by atoms with Crippen molar-refractivity contribution in [3.8, 4) is 0 Å². The first-order valence-corrected chi connectivity index (χ1v) is 10.7. The van der Waals surface area contributed by atoms with Gasteiger partial charge in [-0.05, 0) is 34.9 Å². The van der Waals surface area contributed by atoms with Crippen molar-refractivity contribution in [2.75, 3.05) is 19.6 Å². The molecule has 4 rings (SSSR count). The van der Waals surface area contributed by atoms with E-state index in [-0.39, 0.29) is 0 Å². The molecule has 0 aromatic heterocycles. The summed E-state index contributed by atoms with van der Waals surface area (Å²) in [7, 11) is 0. The highest BCUT2D eigenvalue weighted by molar-refractivity contribution is 6.21. The van der Waals surface area contributed by atoms with E-state index < -0.39 is 0 Å². The van der Waals surface area contributed by atoms with Gasteiger partial charge >= 0.3 is 0 Å². The standard InChI is InChI=1S/C25H27N7/c1-3-4-13-26-18(2)31-29-16-23-19-9-5-7-11-21(19)24(22-12-8-6-10-20(22)23)17-30-32-25-27-14-15-28-25/h3,5-12,16-17H,1,4,13-15H2,2H3,(H,26,31)(H2,27,28,32)/b29-16+,30-17+. The molecule has 1 aliphatic rings. The zero-order valence-electron chi connectivity index (χ0n) is 18.2. The smallest absolute Gasteiger partial charge is 0.212 e. The van der Waals surface area contributed by atoms with E-state index >= 15 is 0 Å². The second kappa shape index (κ2) is 10.3. The van der Waals surface area contributed by atoms with E-state index in [1.165, 1.54) is 0 Å². The number of aliphatic imine (C=N–C) groups is 2. The van der Waals surface area contributed by atoms with Gasteiger partial charge in [0.15, 0.2) is 0 Å². The number of hydrogen-bond donors (Lipinski definition) is 3. The Morgan fingerprint density at radius 3 is 2.12 bits per heavy atom. The SMILES string of the molecule is C=CCCN=C(C)N/N=C/c1c2ccccc2c(/C=N/NC2=NCCN2)c2ccccc12. The van der Waals surface area contributed by atoms with Crippen LogP contribution in [0.3, 0.4) is 0 Å². The minimum Gasteiger partial charge on any atom is -0.353 e. The highest BCUT2D eigenvalue weighted by atomic mass is 15.4. The second-order valence-electron chi connectivity index (χ2n) is 7.36. The van der Waals surface area contributed by atoms with Crippen molar-refractivity contribution in [1.82, 2.24) is 16.2 Å². The largest absolute Gasteiger partial charge is 0.353 e. The Bertz CT molecular complexity index is 1180. The number of guanidine groups is 1. The van der Waals surface area contributed by atoms with Crippen molar-refractivity contribution < 1.29 is 0 Å². The maximum Gasteiger partial charge on any atom is 0.212 e. The number of nitrogens with zero attached hydrogens (tertiary/aromatic N) is 4. The fourth-order valence-corrected chi connectivity index (χ4v) is 3.65. The Kier molecular flexibility index (Phi) is 6.87. The molecule has 0 fully saturated rings. The van der Waals surface area contributed by atoms with Crippen molar-refractivity contribution in [2.45, 2.75) is 13.3 Å². The molecule has 0 atom stereocenters. The van der Waals surface area contributed by atoms with Gasteiger partial charge < -0.3 is 5.32 Å². The molecule has 0 radical (unpaired) electrons. The van der Waals surface area contributed by atoms with Crippen LogP contribution in [0, 0.1) is 0 Å². The summed E-state index contributed by atoms with van der Waals surface area (Å²) in [6, 6.07) is 16.6. The number of hydrazone groups is 2. The fourth-order valence-electron chi connectivity index (χ4n) is 3.65. The monoisotopic (exact) mass is 425 g/mol. The topological polar surface area (TPSA) is 85.5 Å². The van der Waals surface area contributed by atoms with Crippen molar-refractivity contribution in [1.29, 1.82) is 0 Å². The molecule has 1 aliphatic heterocycles. The molecular weight excluding hydrogens is 398 g/mol. The van der Waals surface area contributed by atoms with Crippen molar-refractivity contribution >= 4 is 45.8 Å². The van der Waals surface area contributed by atoms with Gasteiger partial charge in [-0.15, -0.1) is 6.58 Å². The first-order valence-electron chi connectivity index (χ1n) is 10.7. The maximum absolute atomic E-state index is 4.46. The lowest BCUT2D eigenvalue weighted by Crippen LogP contribution is -2.30. The van der Waals surface area contributed by atoms with Crippen molar-refractivity contribution in [2.24, 2.45) is 20.2 Å². The third-order valence-corrected chi connectivity index (χ3v) is 5.16. The molecule has 0 amide bonds. The average Bonchev–Trinajstić information content (AvgIpc) is 3.34. The minimum atomic E-state index is 0.702. The van der Waals surface area contributed by atoms with E-state index in [9.17, 15) is 0 Å². The van der Waals surface area contributed by atoms with E-state index in [1.807, 2.05) is 49.7 Å². The molecule has 7 nitrogen and oxygen atoms in total. The predicted octanol–water partition coefficient (Wildman–Crippen LogP) is 3.79. The van der Waals surface area contributed by atoms with Gasteiger partial charge in [-0.3, -0.25) is 10.4 Å². The summed E-state index contributed by atoms with van der Waals surface area (Å²) < 4.78 is 0. The van der Waals surface area contributed by atoms with Crippen LogP contribution in [-0.2, 0) is 0 Å². The second-order valence-corrected chi connectivity index (χ2v) is 7.36. The number of rotatable bonds is 7. The lowest BCUT2D eigenvalue weighted by atomic mass is 9.92. The molecule has 7 heteroatoms. The lowest BCUT2D eigenvalue weighted by Gasteiger charge is -2.12. The minimum absolute atomic E-state index is 0.702. The van der Waals surface area contributed by atoms with Gasteiger partial charge in [0.2, 0.25) is 5.96 Å². The van der Waals surface area contributed by atoms with E-state index in [4.69, 9.17) is 0 Å². The van der Waals surface area contributed by atoms with Crippen molar-refractivity contribution in [3.63, 3.8) is 0 Å². The van der Waals surface area contributed by atoms with Gasteiger partial charge in [0.25, 0.3) is 0 Å². The van der Waals surface area contributed by atoms with E-state index in [0.717, 1.165) is 58.0 Å². The molecule has 1 heterocycles. The number of hydrogen-bond acceptors (Lipinski definition) is 6. The summed E-state index contributed by atoms with van der Waals surface area (Å²) in [5, 5.41) is 16.5. The zero-order chi connectivity index (χ0) is 22.2. The molecule has 0 saturated heterocycles. The van der Waals surface area contributed by atoms with Crippen LogP contribution in [0.2, 0.25) is 0 Å². The molecule has 0 saturated carbocycles.